The monoisotopic (exact) mass is 623 g/mol. The average molecular weight is 624 g/mol. The smallest absolute Gasteiger partial charge is 0.0810 e. The second-order valence-corrected chi connectivity index (χ2v) is 12.9. The largest absolute Gasteiger partial charge is 0.308 e. The zero-order valence-corrected chi connectivity index (χ0v) is 26.6. The van der Waals surface area contributed by atoms with Crippen molar-refractivity contribution in [3.8, 4) is 17.1 Å². The maximum absolute atomic E-state index is 2.55. The number of hydrogen-bond acceptors (Lipinski definition) is 0. The first kappa shape index (κ1) is 26.5. The highest BCUT2D eigenvalue weighted by Gasteiger charge is 2.28. The fourth-order valence-corrected chi connectivity index (χ4v) is 8.49. The lowest BCUT2D eigenvalue weighted by molar-refractivity contribution is 1.15. The van der Waals surface area contributed by atoms with Crippen molar-refractivity contribution in [2.75, 3.05) is 0 Å². The van der Waals surface area contributed by atoms with Crippen LogP contribution in [0.1, 0.15) is 0 Å². The Morgan fingerprint density at radius 3 is 1.27 bits per heavy atom. The Morgan fingerprint density at radius 1 is 0.265 bits per heavy atom. The van der Waals surface area contributed by atoms with Crippen LogP contribution in [0.5, 0.6) is 0 Å². The van der Waals surface area contributed by atoms with Crippen molar-refractivity contribution < 1.29 is 0 Å². The van der Waals surface area contributed by atoms with Crippen LogP contribution >= 0.6 is 0 Å². The number of hydrogen-bond donors (Lipinski definition) is 0. The Hall–Kier alpha value is -6.58. The summed E-state index contributed by atoms with van der Waals surface area (Å²) < 4.78 is 7.54. The molecule has 0 aliphatic carbocycles. The van der Waals surface area contributed by atoms with E-state index >= 15 is 0 Å². The van der Waals surface area contributed by atoms with E-state index in [1.807, 2.05) is 0 Å². The second kappa shape index (κ2) is 9.96. The van der Waals surface area contributed by atoms with Gasteiger partial charge in [-0.3, -0.25) is 0 Å². The van der Waals surface area contributed by atoms with Crippen LogP contribution in [-0.2, 0) is 0 Å². The zero-order valence-electron chi connectivity index (χ0n) is 26.6. The lowest BCUT2D eigenvalue weighted by atomic mass is 10.0. The molecule has 0 saturated heterocycles. The van der Waals surface area contributed by atoms with Gasteiger partial charge in [-0.05, 0) is 53.9 Å². The van der Waals surface area contributed by atoms with E-state index in [-0.39, 0.29) is 0 Å². The minimum atomic E-state index is 1.15. The average Bonchev–Trinajstić information content (AvgIpc) is 3.81. The first-order valence-corrected chi connectivity index (χ1v) is 16.9. The predicted molar refractivity (Wildman–Crippen MR) is 207 cm³/mol. The van der Waals surface area contributed by atoms with Crippen LogP contribution < -0.4 is 0 Å². The van der Waals surface area contributed by atoms with Crippen molar-refractivity contribution in [2.24, 2.45) is 0 Å². The standard InChI is InChI=1S/C46H29N3/c1-3-18-31(19-4-1)47-38-26-12-9-23-34(38)42-41-35-24-10-14-28-40(35)49(37-29-15-17-30-16-7-8-22-33(30)37)44(41)43-36-25-11-13-27-39(36)48(46(43)45(42)47)32-20-5-2-6-21-32/h1-29H. The molecule has 0 N–H and O–H groups in total. The number of aromatic nitrogens is 3. The highest BCUT2D eigenvalue weighted by Crippen LogP contribution is 2.50. The van der Waals surface area contributed by atoms with Crippen LogP contribution in [0.15, 0.2) is 176 Å². The lowest BCUT2D eigenvalue weighted by Gasteiger charge is -2.15. The summed E-state index contributed by atoms with van der Waals surface area (Å²) in [7, 11) is 0. The summed E-state index contributed by atoms with van der Waals surface area (Å²) in [5.41, 5.74) is 10.7. The van der Waals surface area contributed by atoms with Gasteiger partial charge in [0.2, 0.25) is 0 Å². The third-order valence-electron chi connectivity index (χ3n) is 10.4. The Kier molecular flexibility index (Phi) is 5.38. The van der Waals surface area contributed by atoms with E-state index in [0.29, 0.717) is 0 Å². The maximum atomic E-state index is 2.55. The third kappa shape index (κ3) is 3.51. The number of rotatable bonds is 3. The Morgan fingerprint density at radius 2 is 0.673 bits per heavy atom. The van der Waals surface area contributed by atoms with Crippen LogP contribution in [0.3, 0.4) is 0 Å². The molecule has 0 radical (unpaired) electrons. The van der Waals surface area contributed by atoms with Crippen molar-refractivity contribution in [1.82, 2.24) is 13.7 Å². The summed E-state index contributed by atoms with van der Waals surface area (Å²) in [5, 5.41) is 10.0. The van der Waals surface area contributed by atoms with Crippen molar-refractivity contribution in [3.05, 3.63) is 176 Å². The summed E-state index contributed by atoms with van der Waals surface area (Å²) in [6.07, 6.45) is 0. The van der Waals surface area contributed by atoms with E-state index < -0.39 is 0 Å². The van der Waals surface area contributed by atoms with Gasteiger partial charge in [-0.1, -0.05) is 127 Å². The van der Waals surface area contributed by atoms with E-state index in [9.17, 15) is 0 Å². The fraction of sp³-hybridized carbons (Fsp3) is 0. The molecular formula is C46H29N3. The molecule has 11 rings (SSSR count). The number of para-hydroxylation sites is 5. The first-order valence-electron chi connectivity index (χ1n) is 16.9. The van der Waals surface area contributed by atoms with Crippen molar-refractivity contribution >= 4 is 76.2 Å². The van der Waals surface area contributed by atoms with Crippen LogP contribution in [0.25, 0.3) is 93.3 Å². The Labute approximate surface area is 282 Å². The van der Waals surface area contributed by atoms with Gasteiger partial charge in [-0.2, -0.15) is 0 Å². The van der Waals surface area contributed by atoms with Gasteiger partial charge in [0, 0.05) is 49.1 Å². The molecular weight excluding hydrogens is 595 g/mol. The molecule has 0 unspecified atom stereocenters. The van der Waals surface area contributed by atoms with Gasteiger partial charge in [0.15, 0.2) is 0 Å². The molecule has 0 aliphatic rings. The van der Waals surface area contributed by atoms with Gasteiger partial charge in [0.05, 0.1) is 38.8 Å². The quantitative estimate of drug-likeness (QED) is 0.186. The van der Waals surface area contributed by atoms with Crippen LogP contribution in [0.2, 0.25) is 0 Å². The SMILES string of the molecule is c1ccc(-n2c3ccccc3c3c4c5ccccc5n(-c5cccc6ccccc56)c4c4c5ccccc5n(-c5ccccc5)c4c32)cc1. The van der Waals surface area contributed by atoms with Gasteiger partial charge in [-0.25, -0.2) is 0 Å². The van der Waals surface area contributed by atoms with Crippen molar-refractivity contribution in [1.29, 1.82) is 0 Å². The summed E-state index contributed by atoms with van der Waals surface area (Å²) in [4.78, 5) is 0. The van der Waals surface area contributed by atoms with E-state index in [1.54, 1.807) is 0 Å². The first-order chi connectivity index (χ1) is 24.4. The molecule has 3 aromatic heterocycles. The molecule has 0 saturated carbocycles. The molecule has 228 valence electrons. The zero-order chi connectivity index (χ0) is 32.1. The number of nitrogens with zero attached hydrogens (tertiary/aromatic N) is 3. The molecule has 8 aromatic carbocycles. The second-order valence-electron chi connectivity index (χ2n) is 12.9. The van der Waals surface area contributed by atoms with Gasteiger partial charge in [0.1, 0.15) is 0 Å². The number of benzene rings is 8. The summed E-state index contributed by atoms with van der Waals surface area (Å²) >= 11 is 0. The maximum Gasteiger partial charge on any atom is 0.0810 e. The third-order valence-corrected chi connectivity index (χ3v) is 10.4. The van der Waals surface area contributed by atoms with Gasteiger partial charge < -0.3 is 13.7 Å². The minimum absolute atomic E-state index is 1.15. The molecule has 0 amide bonds. The normalized spacial score (nSPS) is 12.1. The van der Waals surface area contributed by atoms with E-state index in [0.717, 1.165) is 11.4 Å². The Balaban J connectivity index is 1.54. The van der Waals surface area contributed by atoms with Crippen molar-refractivity contribution in [2.45, 2.75) is 0 Å². The highest BCUT2D eigenvalue weighted by molar-refractivity contribution is 6.40. The molecule has 0 bridgehead atoms. The molecule has 0 spiro atoms. The molecule has 0 atom stereocenters. The minimum Gasteiger partial charge on any atom is -0.308 e. The Bertz CT molecular complexity index is 3080. The molecule has 3 nitrogen and oxygen atoms in total. The summed E-state index contributed by atoms with van der Waals surface area (Å²) in [6, 6.07) is 64.0. The van der Waals surface area contributed by atoms with Gasteiger partial charge >= 0.3 is 0 Å². The van der Waals surface area contributed by atoms with E-state index in [1.165, 1.54) is 81.9 Å². The van der Waals surface area contributed by atoms with Crippen LogP contribution in [0, 0.1) is 0 Å². The van der Waals surface area contributed by atoms with Gasteiger partial charge in [0.25, 0.3) is 0 Å². The summed E-state index contributed by atoms with van der Waals surface area (Å²) in [6.45, 7) is 0. The van der Waals surface area contributed by atoms with Crippen LogP contribution in [0.4, 0.5) is 0 Å². The molecule has 11 aromatic rings. The summed E-state index contributed by atoms with van der Waals surface area (Å²) in [5.74, 6) is 0. The molecule has 3 heterocycles. The molecule has 3 heteroatoms. The lowest BCUT2D eigenvalue weighted by Crippen LogP contribution is -2.00. The molecule has 0 fully saturated rings. The predicted octanol–water partition coefficient (Wildman–Crippen LogP) is 12.1. The fourth-order valence-electron chi connectivity index (χ4n) is 8.49. The van der Waals surface area contributed by atoms with Crippen molar-refractivity contribution in [3.63, 3.8) is 0 Å². The van der Waals surface area contributed by atoms with Gasteiger partial charge in [-0.15, -0.1) is 0 Å². The van der Waals surface area contributed by atoms with Crippen LogP contribution in [-0.4, -0.2) is 13.7 Å². The molecule has 49 heavy (non-hydrogen) atoms. The topological polar surface area (TPSA) is 14.8 Å². The van der Waals surface area contributed by atoms with E-state index in [2.05, 4.69) is 190 Å². The molecule has 0 aliphatic heterocycles. The number of fused-ring (bicyclic) bond motifs is 13. The highest BCUT2D eigenvalue weighted by atomic mass is 15.1. The van der Waals surface area contributed by atoms with E-state index in [4.69, 9.17) is 0 Å².